The van der Waals surface area contributed by atoms with Gasteiger partial charge in [0.2, 0.25) is 70.9 Å². The van der Waals surface area contributed by atoms with E-state index in [0.717, 1.165) is 16.5 Å². The van der Waals surface area contributed by atoms with Crippen LogP contribution in [0.15, 0.2) is 54.7 Å². The van der Waals surface area contributed by atoms with Crippen molar-refractivity contribution in [2.75, 3.05) is 39.9 Å². The fraction of sp³-hybridized carbons (Fsp3) is 0.570. The topological polar surface area (TPSA) is 674 Å². The summed E-state index contributed by atoms with van der Waals surface area (Å²) in [5.74, 6) is -21.6. The fourth-order valence-corrected chi connectivity index (χ4v) is 13.1. The third-order valence-electron chi connectivity index (χ3n) is 19.5. The SMILES string of the molecule is CNC(=O)[C@H](Cc1c[nH]c2ccccc12)NC(=O)[C@H](CC(C)C)NC(=O)[C@H](C)NC(=O)[C@H](CC(C)C)NC(=O)[C@@H]1CCCN1C(=O)[C@@H](CCCNC(=N)N)NC(=O)COCCNC(=O)C(Cc1ccc(C(C)=O)cc1)NC(=O)[C@@H](CCC(=O)O)NC(=O)[C@@H](CCC(=O)O)NC(=O)[C@@H](CCC(=O)O)NC(=O)[C@@H](CCC(=O)O)CC(=O)[C@H](N)CCC(=O)O. The lowest BCUT2D eigenvalue weighted by Gasteiger charge is -2.30. The van der Waals surface area contributed by atoms with Crippen LogP contribution in [0.3, 0.4) is 0 Å². The maximum Gasteiger partial charge on any atom is 0.303 e. The van der Waals surface area contributed by atoms with Crippen molar-refractivity contribution < 1.29 is 121 Å². The molecule has 2 heterocycles. The van der Waals surface area contributed by atoms with E-state index in [1.807, 2.05) is 38.1 Å². The number of ketones is 2. The van der Waals surface area contributed by atoms with Gasteiger partial charge in [0, 0.05) is 107 Å². The predicted molar refractivity (Wildman–Crippen MR) is 431 cm³/mol. The van der Waals surface area contributed by atoms with Crippen LogP contribution in [-0.4, -0.2) is 260 Å². The lowest BCUT2D eigenvalue weighted by molar-refractivity contribution is -0.143. The van der Waals surface area contributed by atoms with Gasteiger partial charge in [-0.2, -0.15) is 0 Å². The molecule has 2 aromatic carbocycles. The Morgan fingerprint density at radius 1 is 0.529 bits per heavy atom. The number of carbonyl (C=O) groups excluding carboxylic acids is 14. The van der Waals surface area contributed by atoms with Crippen LogP contribution < -0.4 is 75.3 Å². The number of benzene rings is 2. The number of Topliss-reactive ketones (excluding diaryl/α,β-unsaturated/α-hetero) is 2. The number of guanidine groups is 1. The molecule has 3 aromatic rings. The second-order valence-electron chi connectivity index (χ2n) is 30.3. The number of fused-ring (bicyclic) bond motifs is 1. The van der Waals surface area contributed by atoms with Crippen molar-refractivity contribution in [2.45, 2.75) is 230 Å². The summed E-state index contributed by atoms with van der Waals surface area (Å²) in [6.07, 6.45) is -5.41. The molecule has 0 radical (unpaired) electrons. The van der Waals surface area contributed by atoms with Crippen molar-refractivity contribution in [3.63, 3.8) is 0 Å². The van der Waals surface area contributed by atoms with Crippen molar-refractivity contribution >= 4 is 129 Å². The van der Waals surface area contributed by atoms with Crippen molar-refractivity contribution in [3.8, 4) is 0 Å². The molecule has 0 aliphatic carbocycles. The summed E-state index contributed by atoms with van der Waals surface area (Å²) in [5, 5.41) is 86.4. The number of aliphatic carboxylic acids is 5. The third-order valence-corrected chi connectivity index (χ3v) is 19.5. The van der Waals surface area contributed by atoms with Gasteiger partial charge in [-0.1, -0.05) is 70.2 Å². The number of nitrogens with zero attached hydrogens (tertiary/aromatic N) is 1. The number of para-hydroxylation sites is 1. The van der Waals surface area contributed by atoms with Gasteiger partial charge in [-0.05, 0) is 114 Å². The number of nitrogens with two attached hydrogens (primary N) is 2. The summed E-state index contributed by atoms with van der Waals surface area (Å²) in [5.41, 5.74) is 13.5. The number of hydrogen-bond acceptors (Lipinski definition) is 22. The number of likely N-dealkylation sites (N-methyl/N-ethyl adjacent to an activating group) is 1. The maximum absolute atomic E-state index is 14.6. The molecule has 121 heavy (non-hydrogen) atoms. The molecule has 0 spiro atoms. The molecule has 42 heteroatoms. The normalized spacial score (nSPS) is 15.1. The van der Waals surface area contributed by atoms with E-state index in [9.17, 15) is 112 Å². The van der Waals surface area contributed by atoms with E-state index in [1.54, 1.807) is 20.0 Å². The smallest absolute Gasteiger partial charge is 0.303 e. The first kappa shape index (κ1) is 101. The molecule has 1 saturated heterocycles. The number of nitrogens with one attached hydrogen (secondary N) is 14. The van der Waals surface area contributed by atoms with E-state index in [1.165, 1.54) is 50.1 Å². The number of hydrogen-bond donors (Lipinski definition) is 21. The van der Waals surface area contributed by atoms with E-state index >= 15 is 0 Å². The van der Waals surface area contributed by atoms with E-state index in [0.29, 0.717) is 12.0 Å². The molecule has 0 saturated carbocycles. The largest absolute Gasteiger partial charge is 0.481 e. The lowest BCUT2D eigenvalue weighted by Crippen LogP contribution is -2.59. The van der Waals surface area contributed by atoms with E-state index < -0.39 is 256 Å². The number of amides is 12. The van der Waals surface area contributed by atoms with E-state index in [2.05, 4.69) is 68.8 Å². The van der Waals surface area contributed by atoms with Crippen LogP contribution in [0, 0.1) is 23.2 Å². The van der Waals surface area contributed by atoms with Crippen LogP contribution in [0.1, 0.15) is 172 Å². The molecule has 0 bridgehead atoms. The summed E-state index contributed by atoms with van der Waals surface area (Å²) < 4.78 is 5.61. The first-order valence-corrected chi connectivity index (χ1v) is 39.8. The summed E-state index contributed by atoms with van der Waals surface area (Å²) in [7, 11) is 1.43. The van der Waals surface area contributed by atoms with Crippen molar-refractivity contribution in [3.05, 3.63) is 71.4 Å². The summed E-state index contributed by atoms with van der Waals surface area (Å²) >= 11 is 0. The molecule has 1 fully saturated rings. The number of ether oxygens (including phenoxy) is 1. The lowest BCUT2D eigenvalue weighted by atomic mass is 9.91. The highest BCUT2D eigenvalue weighted by Gasteiger charge is 2.41. The Balaban J connectivity index is 1.49. The van der Waals surface area contributed by atoms with Gasteiger partial charge in [-0.3, -0.25) is 96.5 Å². The molecule has 1 aliphatic rings. The Hall–Kier alpha value is -12.5. The minimum Gasteiger partial charge on any atom is -0.481 e. The molecule has 1 aliphatic heterocycles. The fourth-order valence-electron chi connectivity index (χ4n) is 13.1. The van der Waals surface area contributed by atoms with Gasteiger partial charge in [-0.15, -0.1) is 0 Å². The molecular weight excluding hydrogens is 1590 g/mol. The van der Waals surface area contributed by atoms with Gasteiger partial charge >= 0.3 is 29.8 Å². The summed E-state index contributed by atoms with van der Waals surface area (Å²) in [4.78, 5) is 257. The molecule has 1 aromatic heterocycles. The van der Waals surface area contributed by atoms with Gasteiger partial charge in [0.05, 0.1) is 12.6 Å². The number of aromatic nitrogens is 1. The minimum atomic E-state index is -1.97. The number of carbonyl (C=O) groups is 19. The minimum absolute atomic E-state index is 0.0387. The zero-order valence-corrected chi connectivity index (χ0v) is 68.8. The van der Waals surface area contributed by atoms with E-state index in [-0.39, 0.29) is 100 Å². The number of rotatable bonds is 56. The maximum atomic E-state index is 14.6. The Labute approximate surface area is 697 Å². The first-order chi connectivity index (χ1) is 57.1. The monoisotopic (exact) mass is 1700 g/mol. The van der Waals surface area contributed by atoms with E-state index in [4.69, 9.17) is 26.7 Å². The van der Waals surface area contributed by atoms with Crippen LogP contribution in [0.25, 0.3) is 10.9 Å². The molecule has 23 N–H and O–H groups in total. The Morgan fingerprint density at radius 3 is 1.55 bits per heavy atom. The zero-order chi connectivity index (χ0) is 90.3. The molecule has 12 amide bonds. The predicted octanol–water partition coefficient (Wildman–Crippen LogP) is -2.01. The first-order valence-electron chi connectivity index (χ1n) is 39.8. The van der Waals surface area contributed by atoms with Gasteiger partial charge < -0.3 is 115 Å². The van der Waals surface area contributed by atoms with Gasteiger partial charge in [0.1, 0.15) is 72.8 Å². The van der Waals surface area contributed by atoms with Gasteiger partial charge in [0.15, 0.2) is 11.7 Å². The zero-order valence-electron chi connectivity index (χ0n) is 68.8. The van der Waals surface area contributed by atoms with Crippen molar-refractivity contribution in [1.82, 2.24) is 73.7 Å². The quantitative estimate of drug-likeness (QED) is 0.0126. The second-order valence-corrected chi connectivity index (χ2v) is 30.3. The molecule has 42 nitrogen and oxygen atoms in total. The number of carboxylic acid groups (broad SMARTS) is 5. The Morgan fingerprint density at radius 2 is 1.02 bits per heavy atom. The molecule has 12 atom stereocenters. The highest BCUT2D eigenvalue weighted by atomic mass is 16.5. The standard InChI is InChI=1S/C79H115N17O25/c1-41(2)34-56(75(117)87-43(5)68(110)92-57(35-42(3)4)76(118)94-59(70(112)83-7)37-48-39-86-51-13-9-8-12-49(48)51)95-77(119)60-15-11-32-96(60)78(120)55(14-10-30-85-79(81)82)88-62(99)40-121-33-31-84-71(113)58(36-45-16-18-46(19-17-45)44(6)97)93-74(116)54(24-29-67(108)109)91-73(115)53(23-28-66(106)107)90-72(114)52(22-27-65(104)105)89-69(111)47(20-25-63(100)101)38-61(98)50(80)21-26-64(102)103/h8-9,12-13,16-19,39,41-43,47,50,52-60,86H,10-11,14-15,20-38,40,80H2,1-7H3,(H,83,112)(H,84,113)(H,87,117)(H,88,99)(H,89,111)(H,90,114)(H,91,115)(H,92,110)(H,93,116)(H,94,118)(H,95,119)(H,100,101)(H,102,103)(H,104,105)(H,106,107)(H,108,109)(H4,81,82,85)/t43-,47-,50+,52+,53+,54+,55+,56-,57-,58?,59-,60-/m0/s1. The van der Waals surface area contributed by atoms with Crippen LogP contribution >= 0.6 is 0 Å². The van der Waals surface area contributed by atoms with Crippen LogP contribution in [0.2, 0.25) is 0 Å². The highest BCUT2D eigenvalue weighted by Crippen LogP contribution is 2.24. The van der Waals surface area contributed by atoms with Crippen LogP contribution in [0.5, 0.6) is 0 Å². The van der Waals surface area contributed by atoms with Crippen molar-refractivity contribution in [2.24, 2.45) is 29.2 Å². The highest BCUT2D eigenvalue weighted by molar-refractivity contribution is 6.00. The second kappa shape index (κ2) is 51.1. The van der Waals surface area contributed by atoms with Crippen LogP contribution in [0.4, 0.5) is 0 Å². The molecular formula is C79H115N17O25. The summed E-state index contributed by atoms with van der Waals surface area (Å²) in [6.45, 7) is 8.52. The number of likely N-dealkylation sites (tertiary alicyclic amines) is 1. The molecule has 1 unspecified atom stereocenters. The van der Waals surface area contributed by atoms with Gasteiger partial charge in [-0.25, -0.2) is 0 Å². The van der Waals surface area contributed by atoms with Crippen molar-refractivity contribution in [1.29, 1.82) is 5.41 Å². The third kappa shape index (κ3) is 36.3. The Kier molecular flexibility index (Phi) is 42.6. The molecule has 4 rings (SSSR count). The van der Waals surface area contributed by atoms with Crippen LogP contribution in [-0.2, 0) is 104 Å². The van der Waals surface area contributed by atoms with Gasteiger partial charge in [0.25, 0.3) is 0 Å². The Bertz CT molecular complexity index is 4170. The average Bonchev–Trinajstić information content (AvgIpc) is 1.64. The number of carboxylic acids is 5. The average molecular weight is 1700 g/mol. The molecule has 666 valence electrons. The summed E-state index contributed by atoms with van der Waals surface area (Å²) in [6, 6.07) is -2.79. The number of H-pyrrole nitrogens is 1. The number of aromatic amines is 1.